The molecule has 0 aliphatic heterocycles. The van der Waals surface area contributed by atoms with Gasteiger partial charge in [0, 0.05) is 26.4 Å². The van der Waals surface area contributed by atoms with E-state index in [1.807, 2.05) is 18.2 Å². The van der Waals surface area contributed by atoms with Crippen LogP contribution in [0.5, 0.6) is 0 Å². The van der Waals surface area contributed by atoms with E-state index in [9.17, 15) is 9.59 Å². The van der Waals surface area contributed by atoms with Crippen molar-refractivity contribution in [2.24, 2.45) is 5.10 Å². The standard InChI is InChI=1S/C18H17ClIN3O2/c1-12(22-23-18(25)14-3-2-4-16(20)10-14)9-17(24)21-11-13-5-7-15(19)8-6-13/h2-8,10H,9,11H2,1H3,(H,21,24)(H,23,25)/b22-12-. The van der Waals surface area contributed by atoms with Crippen LogP contribution in [0.15, 0.2) is 53.6 Å². The van der Waals surface area contributed by atoms with Crippen LogP contribution in [0.25, 0.3) is 0 Å². The molecule has 0 spiro atoms. The zero-order valence-corrected chi connectivity index (χ0v) is 16.5. The summed E-state index contributed by atoms with van der Waals surface area (Å²) in [5, 5.41) is 7.43. The van der Waals surface area contributed by atoms with Crippen molar-refractivity contribution in [3.63, 3.8) is 0 Å². The number of hydrazone groups is 1. The van der Waals surface area contributed by atoms with E-state index in [0.717, 1.165) is 9.13 Å². The number of carbonyl (C=O) groups excluding carboxylic acids is 2. The molecule has 0 fully saturated rings. The number of hydrogen-bond acceptors (Lipinski definition) is 3. The second kappa shape index (κ2) is 9.53. The van der Waals surface area contributed by atoms with E-state index >= 15 is 0 Å². The van der Waals surface area contributed by atoms with Gasteiger partial charge in [0.1, 0.15) is 0 Å². The van der Waals surface area contributed by atoms with Gasteiger partial charge in [-0.25, -0.2) is 5.43 Å². The molecule has 0 bridgehead atoms. The summed E-state index contributed by atoms with van der Waals surface area (Å²) in [6, 6.07) is 14.4. The summed E-state index contributed by atoms with van der Waals surface area (Å²) in [5.41, 5.74) is 4.46. The lowest BCUT2D eigenvalue weighted by molar-refractivity contribution is -0.120. The van der Waals surface area contributed by atoms with Crippen LogP contribution in [0, 0.1) is 3.57 Å². The fourth-order valence-corrected chi connectivity index (χ4v) is 2.65. The van der Waals surface area contributed by atoms with Crippen LogP contribution >= 0.6 is 34.2 Å². The monoisotopic (exact) mass is 469 g/mol. The molecule has 0 heterocycles. The minimum Gasteiger partial charge on any atom is -0.352 e. The van der Waals surface area contributed by atoms with Gasteiger partial charge < -0.3 is 5.32 Å². The molecule has 0 aliphatic carbocycles. The zero-order chi connectivity index (χ0) is 18.2. The number of halogens is 2. The average Bonchev–Trinajstić information content (AvgIpc) is 2.59. The Morgan fingerprint density at radius 1 is 1.16 bits per heavy atom. The number of nitrogens with zero attached hydrogens (tertiary/aromatic N) is 1. The Labute approximate surface area is 165 Å². The maximum absolute atomic E-state index is 12.0. The van der Waals surface area contributed by atoms with Gasteiger partial charge >= 0.3 is 0 Å². The molecule has 0 aromatic heterocycles. The number of hydrogen-bond donors (Lipinski definition) is 2. The molecule has 2 amide bonds. The lowest BCUT2D eigenvalue weighted by atomic mass is 10.2. The fraction of sp³-hybridized carbons (Fsp3) is 0.167. The molecule has 0 atom stereocenters. The smallest absolute Gasteiger partial charge is 0.271 e. The summed E-state index contributed by atoms with van der Waals surface area (Å²) in [6.45, 7) is 2.11. The number of rotatable bonds is 6. The van der Waals surface area contributed by atoms with Gasteiger partial charge in [0.2, 0.25) is 5.91 Å². The summed E-state index contributed by atoms with van der Waals surface area (Å²) < 4.78 is 0.965. The summed E-state index contributed by atoms with van der Waals surface area (Å²) >= 11 is 7.95. The first kappa shape index (κ1) is 19.4. The van der Waals surface area contributed by atoms with Gasteiger partial charge in [0.15, 0.2) is 0 Å². The van der Waals surface area contributed by atoms with Gasteiger partial charge in [-0.1, -0.05) is 29.8 Å². The molecule has 2 aromatic carbocycles. The predicted octanol–water partition coefficient (Wildman–Crippen LogP) is 3.76. The Morgan fingerprint density at radius 2 is 1.88 bits per heavy atom. The third-order valence-electron chi connectivity index (χ3n) is 3.25. The fourth-order valence-electron chi connectivity index (χ4n) is 1.98. The van der Waals surface area contributed by atoms with Gasteiger partial charge in [0.25, 0.3) is 5.91 Å². The molecule has 7 heteroatoms. The highest BCUT2D eigenvalue weighted by atomic mass is 127. The van der Waals surface area contributed by atoms with Gasteiger partial charge in [-0.15, -0.1) is 0 Å². The summed E-state index contributed by atoms with van der Waals surface area (Å²) in [6.07, 6.45) is 0.111. The highest BCUT2D eigenvalue weighted by molar-refractivity contribution is 14.1. The minimum atomic E-state index is -0.306. The number of carbonyl (C=O) groups is 2. The maximum atomic E-state index is 12.0. The molecule has 2 aromatic rings. The largest absolute Gasteiger partial charge is 0.352 e. The minimum absolute atomic E-state index is 0.111. The number of amides is 2. The Bertz CT molecular complexity index is 791. The van der Waals surface area contributed by atoms with Crippen molar-refractivity contribution in [1.29, 1.82) is 0 Å². The normalized spacial score (nSPS) is 11.1. The Balaban J connectivity index is 1.80. The molecule has 0 unspecified atom stereocenters. The van der Waals surface area contributed by atoms with E-state index in [4.69, 9.17) is 11.6 Å². The average molecular weight is 470 g/mol. The lowest BCUT2D eigenvalue weighted by Crippen LogP contribution is -2.26. The van der Waals surface area contributed by atoms with E-state index in [1.54, 1.807) is 37.3 Å². The van der Waals surface area contributed by atoms with Gasteiger partial charge in [0.05, 0.1) is 6.42 Å². The second-order valence-corrected chi connectivity index (χ2v) is 7.06. The van der Waals surface area contributed by atoms with E-state index in [2.05, 4.69) is 38.4 Å². The van der Waals surface area contributed by atoms with Crippen LogP contribution in [0.4, 0.5) is 0 Å². The third-order valence-corrected chi connectivity index (χ3v) is 4.18. The van der Waals surface area contributed by atoms with Crippen molar-refractivity contribution in [3.8, 4) is 0 Å². The number of benzene rings is 2. The van der Waals surface area contributed by atoms with Crippen LogP contribution in [-0.2, 0) is 11.3 Å². The molecule has 0 aliphatic rings. The third kappa shape index (κ3) is 6.83. The predicted molar refractivity (Wildman–Crippen MR) is 108 cm³/mol. The van der Waals surface area contributed by atoms with Crippen LogP contribution < -0.4 is 10.7 Å². The van der Waals surface area contributed by atoms with E-state index in [0.29, 0.717) is 22.8 Å². The highest BCUT2D eigenvalue weighted by Crippen LogP contribution is 2.09. The summed E-state index contributed by atoms with van der Waals surface area (Å²) in [4.78, 5) is 23.9. The van der Waals surface area contributed by atoms with E-state index < -0.39 is 0 Å². The highest BCUT2D eigenvalue weighted by Gasteiger charge is 2.07. The molecule has 0 saturated heterocycles. The Morgan fingerprint density at radius 3 is 2.56 bits per heavy atom. The van der Waals surface area contributed by atoms with Crippen LogP contribution in [0.2, 0.25) is 5.02 Å². The Kier molecular flexibility index (Phi) is 7.39. The van der Waals surface area contributed by atoms with Crippen molar-refractivity contribution in [2.75, 3.05) is 0 Å². The maximum Gasteiger partial charge on any atom is 0.271 e. The quantitative estimate of drug-likeness (QED) is 0.384. The van der Waals surface area contributed by atoms with Gasteiger partial charge in [-0.2, -0.15) is 5.10 Å². The lowest BCUT2D eigenvalue weighted by Gasteiger charge is -2.06. The van der Waals surface area contributed by atoms with Crippen molar-refractivity contribution < 1.29 is 9.59 Å². The molecule has 5 nitrogen and oxygen atoms in total. The van der Waals surface area contributed by atoms with E-state index in [1.165, 1.54) is 0 Å². The van der Waals surface area contributed by atoms with E-state index in [-0.39, 0.29) is 18.2 Å². The zero-order valence-electron chi connectivity index (χ0n) is 13.6. The molecule has 0 saturated carbocycles. The topological polar surface area (TPSA) is 70.6 Å². The van der Waals surface area contributed by atoms with Crippen molar-refractivity contribution in [1.82, 2.24) is 10.7 Å². The van der Waals surface area contributed by atoms with Crippen LogP contribution in [-0.4, -0.2) is 17.5 Å². The molecule has 25 heavy (non-hydrogen) atoms. The molecule has 130 valence electrons. The van der Waals surface area contributed by atoms with Gasteiger partial charge in [-0.3, -0.25) is 9.59 Å². The first-order valence-electron chi connectivity index (χ1n) is 7.54. The molecule has 0 radical (unpaired) electrons. The van der Waals surface area contributed by atoms with Gasteiger partial charge in [-0.05, 0) is 65.4 Å². The molecular weight excluding hydrogens is 453 g/mol. The van der Waals surface area contributed by atoms with Crippen molar-refractivity contribution in [2.45, 2.75) is 19.9 Å². The van der Waals surface area contributed by atoms with Crippen LogP contribution in [0.3, 0.4) is 0 Å². The first-order chi connectivity index (χ1) is 11.9. The van der Waals surface area contributed by atoms with Crippen LogP contribution in [0.1, 0.15) is 29.3 Å². The molecule has 2 N–H and O–H groups in total. The Hall–Kier alpha value is -1.93. The van der Waals surface area contributed by atoms with Crippen molar-refractivity contribution >= 4 is 51.7 Å². The second-order valence-electron chi connectivity index (χ2n) is 5.38. The number of nitrogens with one attached hydrogen (secondary N) is 2. The summed E-state index contributed by atoms with van der Waals surface area (Å²) in [5.74, 6) is -0.473. The molecule has 2 rings (SSSR count). The summed E-state index contributed by atoms with van der Waals surface area (Å²) in [7, 11) is 0. The van der Waals surface area contributed by atoms with Crippen molar-refractivity contribution in [3.05, 3.63) is 68.3 Å². The molecular formula is C18H17ClIN3O2. The SMILES string of the molecule is C/C(CC(=O)NCc1ccc(Cl)cc1)=N/NC(=O)c1cccc(I)c1. The first-order valence-corrected chi connectivity index (χ1v) is 9.00.